The van der Waals surface area contributed by atoms with Crippen molar-refractivity contribution in [3.8, 4) is 0 Å². The molecule has 0 aromatic carbocycles. The smallest absolute Gasteiger partial charge is 0.356 e. The minimum absolute atomic E-state index is 0.0305. The topological polar surface area (TPSA) is 102 Å². The van der Waals surface area contributed by atoms with Crippen LogP contribution in [0.15, 0.2) is 18.3 Å². The number of anilines is 1. The molecular formula is C14H19N5O3. The summed E-state index contributed by atoms with van der Waals surface area (Å²) in [6, 6.07) is 3.23. The Labute approximate surface area is 127 Å². The van der Waals surface area contributed by atoms with Gasteiger partial charge >= 0.3 is 5.97 Å². The van der Waals surface area contributed by atoms with E-state index in [0.717, 1.165) is 18.7 Å². The van der Waals surface area contributed by atoms with E-state index in [2.05, 4.69) is 15.5 Å². The van der Waals surface area contributed by atoms with Gasteiger partial charge in [-0.2, -0.15) is 10.2 Å². The van der Waals surface area contributed by atoms with Crippen LogP contribution in [0.1, 0.15) is 35.9 Å². The Morgan fingerprint density at radius 1 is 1.32 bits per heavy atom. The molecule has 0 saturated heterocycles. The SMILES string of the molecule is CCCn1nc(C)cc1NC(=O)CCn1ccc(C(=O)O)n1. The highest BCUT2D eigenvalue weighted by Gasteiger charge is 2.10. The van der Waals surface area contributed by atoms with Gasteiger partial charge in [0.15, 0.2) is 5.69 Å². The van der Waals surface area contributed by atoms with Crippen LogP contribution in [0.2, 0.25) is 0 Å². The lowest BCUT2D eigenvalue weighted by molar-refractivity contribution is -0.116. The molecule has 2 N–H and O–H groups in total. The third-order valence-corrected chi connectivity index (χ3v) is 3.03. The largest absolute Gasteiger partial charge is 0.476 e. The molecule has 0 atom stereocenters. The summed E-state index contributed by atoms with van der Waals surface area (Å²) in [5.74, 6) is -0.567. The van der Waals surface area contributed by atoms with Crippen molar-refractivity contribution in [2.75, 3.05) is 5.32 Å². The monoisotopic (exact) mass is 305 g/mol. The molecule has 2 aromatic rings. The van der Waals surface area contributed by atoms with E-state index in [1.165, 1.54) is 10.7 Å². The van der Waals surface area contributed by atoms with Crippen molar-refractivity contribution in [1.82, 2.24) is 19.6 Å². The van der Waals surface area contributed by atoms with E-state index in [-0.39, 0.29) is 18.0 Å². The second-order valence-corrected chi connectivity index (χ2v) is 4.96. The maximum atomic E-state index is 12.0. The molecule has 2 aromatic heterocycles. The van der Waals surface area contributed by atoms with Crippen LogP contribution in [-0.4, -0.2) is 36.5 Å². The minimum Gasteiger partial charge on any atom is -0.476 e. The summed E-state index contributed by atoms with van der Waals surface area (Å²) in [5, 5.41) is 19.8. The van der Waals surface area contributed by atoms with Gasteiger partial charge in [-0.25, -0.2) is 9.48 Å². The van der Waals surface area contributed by atoms with Crippen LogP contribution in [0.25, 0.3) is 0 Å². The second kappa shape index (κ2) is 6.88. The van der Waals surface area contributed by atoms with Gasteiger partial charge in [0.1, 0.15) is 5.82 Å². The fourth-order valence-corrected chi connectivity index (χ4v) is 2.05. The van der Waals surface area contributed by atoms with Crippen LogP contribution in [0.3, 0.4) is 0 Å². The summed E-state index contributed by atoms with van der Waals surface area (Å²) in [5.41, 5.74) is 0.819. The van der Waals surface area contributed by atoms with E-state index in [1.807, 2.05) is 19.9 Å². The van der Waals surface area contributed by atoms with Crippen LogP contribution < -0.4 is 5.32 Å². The number of nitrogens with one attached hydrogen (secondary N) is 1. The van der Waals surface area contributed by atoms with Crippen molar-refractivity contribution in [3.63, 3.8) is 0 Å². The highest BCUT2D eigenvalue weighted by molar-refractivity contribution is 5.89. The number of rotatable bonds is 7. The molecule has 22 heavy (non-hydrogen) atoms. The maximum absolute atomic E-state index is 12.0. The Kier molecular flexibility index (Phi) is 4.92. The van der Waals surface area contributed by atoms with Gasteiger partial charge in [-0.3, -0.25) is 9.48 Å². The highest BCUT2D eigenvalue weighted by Crippen LogP contribution is 2.11. The zero-order valence-electron chi connectivity index (χ0n) is 12.6. The van der Waals surface area contributed by atoms with E-state index in [4.69, 9.17) is 5.11 Å². The zero-order valence-corrected chi connectivity index (χ0v) is 12.6. The molecule has 8 nitrogen and oxygen atoms in total. The maximum Gasteiger partial charge on any atom is 0.356 e. The van der Waals surface area contributed by atoms with Crippen LogP contribution in [0.4, 0.5) is 5.82 Å². The van der Waals surface area contributed by atoms with Gasteiger partial charge in [-0.15, -0.1) is 0 Å². The van der Waals surface area contributed by atoms with E-state index >= 15 is 0 Å². The van der Waals surface area contributed by atoms with Crippen molar-refractivity contribution in [3.05, 3.63) is 29.7 Å². The highest BCUT2D eigenvalue weighted by atomic mass is 16.4. The normalized spacial score (nSPS) is 10.6. The molecule has 0 fully saturated rings. The number of nitrogens with zero attached hydrogens (tertiary/aromatic N) is 4. The molecule has 0 bridgehead atoms. The molecule has 0 aliphatic rings. The molecule has 118 valence electrons. The van der Waals surface area contributed by atoms with Gasteiger partial charge in [0, 0.05) is 31.8 Å². The molecule has 0 radical (unpaired) electrons. The number of carbonyl (C=O) groups is 2. The van der Waals surface area contributed by atoms with E-state index < -0.39 is 5.97 Å². The number of aryl methyl sites for hydroxylation is 3. The Morgan fingerprint density at radius 2 is 2.09 bits per heavy atom. The van der Waals surface area contributed by atoms with Gasteiger partial charge in [-0.05, 0) is 19.4 Å². The summed E-state index contributed by atoms with van der Waals surface area (Å²) >= 11 is 0. The molecular weight excluding hydrogens is 286 g/mol. The predicted octanol–water partition coefficient (Wildman–Crippen LogP) is 1.53. The molecule has 0 spiro atoms. The zero-order chi connectivity index (χ0) is 16.1. The standard InChI is InChI=1S/C14H19N5O3/c1-3-6-19-12(9-10(2)16-19)15-13(20)5-8-18-7-4-11(17-18)14(21)22/h4,7,9H,3,5-6,8H2,1-2H3,(H,15,20)(H,21,22). The number of carboxylic acids is 1. The second-order valence-electron chi connectivity index (χ2n) is 4.96. The number of hydrogen-bond acceptors (Lipinski definition) is 4. The van der Waals surface area contributed by atoms with E-state index in [1.54, 1.807) is 10.9 Å². The van der Waals surface area contributed by atoms with Gasteiger partial charge in [-0.1, -0.05) is 6.92 Å². The third kappa shape index (κ3) is 3.94. The third-order valence-electron chi connectivity index (χ3n) is 3.03. The van der Waals surface area contributed by atoms with Gasteiger partial charge in [0.2, 0.25) is 5.91 Å². The van der Waals surface area contributed by atoms with Crippen molar-refractivity contribution in [1.29, 1.82) is 0 Å². The Balaban J connectivity index is 1.91. The number of carboxylic acid groups (broad SMARTS) is 1. The first-order valence-electron chi connectivity index (χ1n) is 7.10. The van der Waals surface area contributed by atoms with E-state index in [0.29, 0.717) is 12.4 Å². The molecule has 0 saturated carbocycles. The summed E-state index contributed by atoms with van der Waals surface area (Å²) in [6.45, 7) is 4.98. The lowest BCUT2D eigenvalue weighted by Gasteiger charge is -2.08. The fourth-order valence-electron chi connectivity index (χ4n) is 2.05. The van der Waals surface area contributed by atoms with Crippen molar-refractivity contribution in [2.24, 2.45) is 0 Å². The van der Waals surface area contributed by atoms with Crippen LogP contribution >= 0.6 is 0 Å². The first-order valence-corrected chi connectivity index (χ1v) is 7.10. The molecule has 0 unspecified atom stereocenters. The number of aromatic carboxylic acids is 1. The summed E-state index contributed by atoms with van der Waals surface area (Å²) in [4.78, 5) is 22.7. The molecule has 1 amide bonds. The lowest BCUT2D eigenvalue weighted by Crippen LogP contribution is -2.17. The van der Waals surface area contributed by atoms with Crippen molar-refractivity contribution in [2.45, 2.75) is 39.8 Å². The summed E-state index contributed by atoms with van der Waals surface area (Å²) in [6.07, 6.45) is 2.68. The predicted molar refractivity (Wildman–Crippen MR) is 79.7 cm³/mol. The Bertz CT molecular complexity index is 674. The summed E-state index contributed by atoms with van der Waals surface area (Å²) < 4.78 is 3.21. The molecule has 0 aliphatic carbocycles. The molecule has 8 heteroatoms. The van der Waals surface area contributed by atoms with Gasteiger partial charge < -0.3 is 10.4 Å². The van der Waals surface area contributed by atoms with Crippen LogP contribution in [0.5, 0.6) is 0 Å². The van der Waals surface area contributed by atoms with E-state index in [9.17, 15) is 9.59 Å². The molecule has 2 heterocycles. The lowest BCUT2D eigenvalue weighted by atomic mass is 10.4. The van der Waals surface area contributed by atoms with Crippen LogP contribution in [0, 0.1) is 6.92 Å². The van der Waals surface area contributed by atoms with Crippen LogP contribution in [-0.2, 0) is 17.9 Å². The first kappa shape index (κ1) is 15.7. The van der Waals surface area contributed by atoms with Crippen molar-refractivity contribution >= 4 is 17.7 Å². The number of amides is 1. The summed E-state index contributed by atoms with van der Waals surface area (Å²) in [7, 11) is 0. The minimum atomic E-state index is -1.08. The Morgan fingerprint density at radius 3 is 2.73 bits per heavy atom. The quantitative estimate of drug-likeness (QED) is 0.807. The number of aromatic nitrogens is 4. The number of carbonyl (C=O) groups excluding carboxylic acids is 1. The van der Waals surface area contributed by atoms with Gasteiger partial charge in [0.05, 0.1) is 5.69 Å². The molecule has 0 aliphatic heterocycles. The Hall–Kier alpha value is -2.64. The van der Waals surface area contributed by atoms with Crippen molar-refractivity contribution < 1.29 is 14.7 Å². The number of hydrogen-bond donors (Lipinski definition) is 2. The first-order chi connectivity index (χ1) is 10.5. The van der Waals surface area contributed by atoms with Gasteiger partial charge in [0.25, 0.3) is 0 Å². The average molecular weight is 305 g/mol. The fraction of sp³-hybridized carbons (Fsp3) is 0.429. The molecule has 2 rings (SSSR count). The average Bonchev–Trinajstić information content (AvgIpc) is 3.04.